The molecule has 0 aliphatic heterocycles. The number of rotatable bonds is 3. The molecule has 0 spiro atoms. The van der Waals surface area contributed by atoms with Gasteiger partial charge in [0, 0.05) is 0 Å². The molecule has 13 heavy (non-hydrogen) atoms. The number of nitrogens with one attached hydrogen (secondary N) is 1. The van der Waals surface area contributed by atoms with E-state index in [0.29, 0.717) is 5.41 Å². The van der Waals surface area contributed by atoms with Gasteiger partial charge in [-0.1, -0.05) is 13.8 Å². The fourth-order valence-corrected chi connectivity index (χ4v) is 3.64. The van der Waals surface area contributed by atoms with Crippen LogP contribution < -0.4 is 5.32 Å². The molecule has 2 bridgehead atoms. The van der Waals surface area contributed by atoms with Crippen LogP contribution in [0, 0.1) is 23.2 Å². The molecule has 3 unspecified atom stereocenters. The predicted octanol–water partition coefficient (Wildman–Crippen LogP) is 2.67. The van der Waals surface area contributed by atoms with Crippen molar-refractivity contribution in [2.24, 2.45) is 23.2 Å². The van der Waals surface area contributed by atoms with Crippen LogP contribution in [0.3, 0.4) is 0 Å². The van der Waals surface area contributed by atoms with Gasteiger partial charge < -0.3 is 5.32 Å². The van der Waals surface area contributed by atoms with Crippen LogP contribution in [0.25, 0.3) is 0 Å². The third kappa shape index (κ3) is 1.41. The van der Waals surface area contributed by atoms with Crippen molar-refractivity contribution in [3.05, 3.63) is 0 Å². The van der Waals surface area contributed by atoms with Gasteiger partial charge in [0.1, 0.15) is 0 Å². The molecule has 0 aromatic carbocycles. The van der Waals surface area contributed by atoms with Gasteiger partial charge in [0.15, 0.2) is 0 Å². The van der Waals surface area contributed by atoms with E-state index < -0.39 is 0 Å². The van der Waals surface area contributed by atoms with E-state index in [0.717, 1.165) is 17.8 Å². The molecular formula is C12H23N. The van der Waals surface area contributed by atoms with E-state index in [1.807, 2.05) is 0 Å². The minimum Gasteiger partial charge on any atom is -0.320 e. The van der Waals surface area contributed by atoms with E-state index in [-0.39, 0.29) is 0 Å². The Morgan fingerprint density at radius 3 is 2.62 bits per heavy atom. The molecule has 0 radical (unpaired) electrons. The van der Waals surface area contributed by atoms with Crippen molar-refractivity contribution in [1.82, 2.24) is 5.32 Å². The van der Waals surface area contributed by atoms with Crippen LogP contribution in [0.2, 0.25) is 0 Å². The smallest absolute Gasteiger partial charge is 0.00492 e. The van der Waals surface area contributed by atoms with E-state index >= 15 is 0 Å². The molecule has 1 nitrogen and oxygen atoms in total. The summed E-state index contributed by atoms with van der Waals surface area (Å²) in [4.78, 5) is 0. The lowest BCUT2D eigenvalue weighted by Crippen LogP contribution is -2.52. The molecule has 3 fully saturated rings. The van der Waals surface area contributed by atoms with Crippen LogP contribution in [0.15, 0.2) is 0 Å². The topological polar surface area (TPSA) is 12.0 Å². The summed E-state index contributed by atoms with van der Waals surface area (Å²) in [7, 11) is 2.07. The van der Waals surface area contributed by atoms with E-state index in [1.54, 1.807) is 0 Å². The van der Waals surface area contributed by atoms with Gasteiger partial charge in [-0.05, 0) is 62.4 Å². The highest BCUT2D eigenvalue weighted by Crippen LogP contribution is 2.61. The van der Waals surface area contributed by atoms with Crippen LogP contribution in [0.5, 0.6) is 0 Å². The minimum atomic E-state index is 0.677. The molecule has 3 aliphatic carbocycles. The van der Waals surface area contributed by atoms with Crippen molar-refractivity contribution in [3.8, 4) is 0 Å². The van der Waals surface area contributed by atoms with Gasteiger partial charge in [-0.2, -0.15) is 0 Å². The van der Waals surface area contributed by atoms with Crippen molar-refractivity contribution < 1.29 is 0 Å². The van der Waals surface area contributed by atoms with Gasteiger partial charge >= 0.3 is 0 Å². The molecule has 0 saturated heterocycles. The summed E-state index contributed by atoms with van der Waals surface area (Å²) in [5, 5.41) is 3.28. The van der Waals surface area contributed by atoms with E-state index in [2.05, 4.69) is 26.2 Å². The largest absolute Gasteiger partial charge is 0.320 e. The second-order valence-electron chi connectivity index (χ2n) is 5.59. The van der Waals surface area contributed by atoms with Gasteiger partial charge in [0.05, 0.1) is 0 Å². The highest BCUT2D eigenvalue weighted by molar-refractivity contribution is 5.03. The maximum atomic E-state index is 3.28. The van der Waals surface area contributed by atoms with Crippen LogP contribution in [-0.2, 0) is 0 Å². The second-order valence-corrected chi connectivity index (χ2v) is 5.59. The Morgan fingerprint density at radius 2 is 2.08 bits per heavy atom. The molecule has 3 rings (SSSR count). The first-order valence-electron chi connectivity index (χ1n) is 5.81. The van der Waals surface area contributed by atoms with E-state index in [9.17, 15) is 0 Å². The molecule has 0 aromatic heterocycles. The van der Waals surface area contributed by atoms with E-state index in [4.69, 9.17) is 0 Å². The summed E-state index contributed by atoms with van der Waals surface area (Å²) in [6.07, 6.45) is 5.93. The van der Waals surface area contributed by atoms with Crippen molar-refractivity contribution in [3.63, 3.8) is 0 Å². The quantitative estimate of drug-likeness (QED) is 0.706. The zero-order valence-corrected chi connectivity index (χ0v) is 9.27. The molecule has 76 valence electrons. The molecule has 3 saturated carbocycles. The van der Waals surface area contributed by atoms with E-state index in [1.165, 1.54) is 32.2 Å². The average Bonchev–Trinajstić information content (AvgIpc) is 2.14. The van der Waals surface area contributed by atoms with Crippen LogP contribution >= 0.6 is 0 Å². The zero-order chi connectivity index (χ0) is 9.47. The Morgan fingerprint density at radius 1 is 1.31 bits per heavy atom. The SMILES string of the molecule is CNCCC1CCC2CC1C2(C)C. The number of hydrogen-bond acceptors (Lipinski definition) is 1. The normalized spacial score (nSPS) is 41.3. The number of fused-ring (bicyclic) bond motifs is 2. The van der Waals surface area contributed by atoms with Crippen molar-refractivity contribution in [1.29, 1.82) is 0 Å². The maximum absolute atomic E-state index is 3.28. The highest BCUT2D eigenvalue weighted by Gasteiger charge is 2.53. The summed E-state index contributed by atoms with van der Waals surface area (Å²) in [6.45, 7) is 6.18. The van der Waals surface area contributed by atoms with Crippen molar-refractivity contribution in [2.45, 2.75) is 39.5 Å². The minimum absolute atomic E-state index is 0.677. The average molecular weight is 181 g/mol. The first-order chi connectivity index (χ1) is 6.16. The van der Waals surface area contributed by atoms with Gasteiger partial charge in [0.25, 0.3) is 0 Å². The molecule has 0 aromatic rings. The van der Waals surface area contributed by atoms with Gasteiger partial charge in [-0.3, -0.25) is 0 Å². The van der Waals surface area contributed by atoms with Gasteiger partial charge in [0.2, 0.25) is 0 Å². The number of hydrogen-bond donors (Lipinski definition) is 1. The Hall–Kier alpha value is -0.0400. The van der Waals surface area contributed by atoms with Crippen LogP contribution in [0.4, 0.5) is 0 Å². The second kappa shape index (κ2) is 3.27. The lowest BCUT2D eigenvalue weighted by atomic mass is 9.45. The fourth-order valence-electron chi connectivity index (χ4n) is 3.64. The Balaban J connectivity index is 1.91. The standard InChI is InChI=1S/C12H23N/c1-12(2)10-5-4-9(6-7-13-3)11(12)8-10/h9-11,13H,4-8H2,1-3H3. The lowest BCUT2D eigenvalue weighted by molar-refractivity contribution is -0.106. The molecule has 3 aliphatic rings. The van der Waals surface area contributed by atoms with Gasteiger partial charge in [-0.25, -0.2) is 0 Å². The summed E-state index contributed by atoms with van der Waals surface area (Å²) >= 11 is 0. The maximum Gasteiger partial charge on any atom is -0.00492 e. The summed E-state index contributed by atoms with van der Waals surface area (Å²) < 4.78 is 0. The van der Waals surface area contributed by atoms with Crippen LogP contribution in [-0.4, -0.2) is 13.6 Å². The molecular weight excluding hydrogens is 158 g/mol. The summed E-state index contributed by atoms with van der Waals surface area (Å²) in [6, 6.07) is 0. The molecule has 1 N–H and O–H groups in total. The third-order valence-corrected chi connectivity index (χ3v) is 4.77. The third-order valence-electron chi connectivity index (χ3n) is 4.77. The Kier molecular flexibility index (Phi) is 2.39. The molecule has 0 heterocycles. The first kappa shape index (κ1) is 9.51. The lowest BCUT2D eigenvalue weighted by Gasteiger charge is -2.60. The molecule has 0 amide bonds. The van der Waals surface area contributed by atoms with Crippen molar-refractivity contribution in [2.75, 3.05) is 13.6 Å². The Bertz CT molecular complexity index is 184. The van der Waals surface area contributed by atoms with Gasteiger partial charge in [-0.15, -0.1) is 0 Å². The molecule has 3 atom stereocenters. The molecule has 1 heteroatoms. The monoisotopic (exact) mass is 181 g/mol. The zero-order valence-electron chi connectivity index (χ0n) is 9.27. The summed E-state index contributed by atoms with van der Waals surface area (Å²) in [5.41, 5.74) is 0.677. The predicted molar refractivity (Wildman–Crippen MR) is 56.6 cm³/mol. The Labute approximate surface area is 82.3 Å². The summed E-state index contributed by atoms with van der Waals surface area (Å²) in [5.74, 6) is 3.12. The van der Waals surface area contributed by atoms with Crippen LogP contribution in [0.1, 0.15) is 39.5 Å². The fraction of sp³-hybridized carbons (Fsp3) is 1.00. The highest BCUT2D eigenvalue weighted by atomic mass is 14.8. The first-order valence-corrected chi connectivity index (χ1v) is 5.81. The van der Waals surface area contributed by atoms with Crippen molar-refractivity contribution >= 4 is 0 Å².